The van der Waals surface area contributed by atoms with Crippen molar-refractivity contribution in [1.82, 2.24) is 0 Å². The lowest BCUT2D eigenvalue weighted by atomic mass is 10.2. The Morgan fingerprint density at radius 2 is 2.31 bits per heavy atom. The molecule has 3 nitrogen and oxygen atoms in total. The van der Waals surface area contributed by atoms with Crippen LogP contribution in [0.4, 0.5) is 0 Å². The van der Waals surface area contributed by atoms with E-state index in [0.717, 1.165) is 12.0 Å². The Balaban J connectivity index is 2.42. The number of halogens is 1. The fourth-order valence-corrected chi connectivity index (χ4v) is 1.53. The lowest BCUT2D eigenvalue weighted by Gasteiger charge is -2.10. The molecule has 88 valence electrons. The number of hydrogen-bond acceptors (Lipinski definition) is 3. The molecule has 0 aliphatic carbocycles. The summed E-state index contributed by atoms with van der Waals surface area (Å²) in [5.74, 6) is -0.359. The molecular weight excluding hydrogens is 226 g/mol. The van der Waals surface area contributed by atoms with Crippen molar-refractivity contribution in [3.63, 3.8) is 0 Å². The van der Waals surface area contributed by atoms with Crippen molar-refractivity contribution in [3.05, 3.63) is 34.9 Å². The van der Waals surface area contributed by atoms with Gasteiger partial charge in [-0.15, -0.1) is 0 Å². The normalized spacial score (nSPS) is 12.2. The van der Waals surface area contributed by atoms with Crippen molar-refractivity contribution < 1.29 is 9.53 Å². The Kier molecular flexibility index (Phi) is 5.29. The second-order valence-corrected chi connectivity index (χ2v) is 4.07. The van der Waals surface area contributed by atoms with Crippen molar-refractivity contribution in [2.45, 2.75) is 32.4 Å². The summed E-state index contributed by atoms with van der Waals surface area (Å²) >= 11 is 5.81. The second kappa shape index (κ2) is 6.51. The van der Waals surface area contributed by atoms with E-state index in [4.69, 9.17) is 22.1 Å². The van der Waals surface area contributed by atoms with E-state index in [1.807, 2.05) is 19.1 Å². The predicted molar refractivity (Wildman–Crippen MR) is 64.1 cm³/mol. The van der Waals surface area contributed by atoms with Crippen LogP contribution in [0.5, 0.6) is 0 Å². The van der Waals surface area contributed by atoms with Gasteiger partial charge in [0.2, 0.25) is 0 Å². The summed E-state index contributed by atoms with van der Waals surface area (Å²) in [6.07, 6.45) is 1.52. The standard InChI is InChI=1S/C12H16ClNO2/c1-2-4-11(14)12(15)16-8-9-5-3-6-10(13)7-9/h3,5-7,11H,2,4,8,14H2,1H3/t11-/m1/s1. The number of nitrogens with two attached hydrogens (primary N) is 1. The van der Waals surface area contributed by atoms with E-state index in [1.165, 1.54) is 0 Å². The fourth-order valence-electron chi connectivity index (χ4n) is 1.32. The first kappa shape index (κ1) is 13.0. The van der Waals surface area contributed by atoms with Gasteiger partial charge in [0.1, 0.15) is 12.6 Å². The van der Waals surface area contributed by atoms with Crippen LogP contribution >= 0.6 is 11.6 Å². The molecule has 0 aromatic heterocycles. The van der Waals surface area contributed by atoms with Crippen molar-refractivity contribution >= 4 is 17.6 Å². The highest BCUT2D eigenvalue weighted by Crippen LogP contribution is 2.11. The van der Waals surface area contributed by atoms with Crippen LogP contribution in [0.15, 0.2) is 24.3 Å². The maximum atomic E-state index is 11.4. The third kappa shape index (κ3) is 4.21. The van der Waals surface area contributed by atoms with Crippen LogP contribution in [0.2, 0.25) is 5.02 Å². The molecule has 4 heteroatoms. The van der Waals surface area contributed by atoms with Gasteiger partial charge < -0.3 is 10.5 Å². The molecule has 0 aliphatic rings. The van der Waals surface area contributed by atoms with Crippen LogP contribution in [0, 0.1) is 0 Å². The van der Waals surface area contributed by atoms with Crippen LogP contribution in [-0.4, -0.2) is 12.0 Å². The first-order chi connectivity index (χ1) is 7.63. The minimum absolute atomic E-state index is 0.219. The fraction of sp³-hybridized carbons (Fsp3) is 0.417. The lowest BCUT2D eigenvalue weighted by Crippen LogP contribution is -2.31. The minimum Gasteiger partial charge on any atom is -0.460 e. The van der Waals surface area contributed by atoms with Gasteiger partial charge in [0.15, 0.2) is 0 Å². The van der Waals surface area contributed by atoms with Gasteiger partial charge in [-0.3, -0.25) is 4.79 Å². The molecule has 16 heavy (non-hydrogen) atoms. The largest absolute Gasteiger partial charge is 0.460 e. The van der Waals surface area contributed by atoms with Gasteiger partial charge in [-0.2, -0.15) is 0 Å². The molecule has 0 aliphatic heterocycles. The number of carbonyl (C=O) groups excluding carboxylic acids is 1. The van der Waals surface area contributed by atoms with Crippen molar-refractivity contribution in [2.75, 3.05) is 0 Å². The summed E-state index contributed by atoms with van der Waals surface area (Å²) in [6, 6.07) is 6.68. The molecule has 0 amide bonds. The van der Waals surface area contributed by atoms with Crippen molar-refractivity contribution in [3.8, 4) is 0 Å². The zero-order chi connectivity index (χ0) is 12.0. The number of ether oxygens (including phenoxy) is 1. The van der Waals surface area contributed by atoms with E-state index >= 15 is 0 Å². The summed E-state index contributed by atoms with van der Waals surface area (Å²) in [5, 5.41) is 0.631. The molecule has 0 radical (unpaired) electrons. The number of rotatable bonds is 5. The predicted octanol–water partition coefficient (Wildman–Crippen LogP) is 2.51. The molecule has 2 N–H and O–H groups in total. The molecule has 0 spiro atoms. The van der Waals surface area contributed by atoms with Gasteiger partial charge in [0.25, 0.3) is 0 Å². The molecule has 0 bridgehead atoms. The summed E-state index contributed by atoms with van der Waals surface area (Å²) in [5.41, 5.74) is 6.49. The van der Waals surface area contributed by atoms with E-state index in [0.29, 0.717) is 11.4 Å². The van der Waals surface area contributed by atoms with Gasteiger partial charge in [0.05, 0.1) is 0 Å². The number of hydrogen-bond donors (Lipinski definition) is 1. The molecule has 1 aromatic carbocycles. The van der Waals surface area contributed by atoms with Gasteiger partial charge in [0, 0.05) is 5.02 Å². The van der Waals surface area contributed by atoms with Gasteiger partial charge in [-0.1, -0.05) is 37.1 Å². The average molecular weight is 242 g/mol. The highest BCUT2D eigenvalue weighted by atomic mass is 35.5. The topological polar surface area (TPSA) is 52.3 Å². The molecule has 0 saturated carbocycles. The van der Waals surface area contributed by atoms with Crippen LogP contribution in [0.3, 0.4) is 0 Å². The summed E-state index contributed by atoms with van der Waals surface area (Å²) in [7, 11) is 0. The van der Waals surface area contributed by atoms with E-state index in [9.17, 15) is 4.79 Å². The molecule has 0 fully saturated rings. The third-order valence-corrected chi connectivity index (χ3v) is 2.41. The minimum atomic E-state index is -0.524. The zero-order valence-electron chi connectivity index (χ0n) is 9.28. The molecular formula is C12H16ClNO2. The van der Waals surface area contributed by atoms with Gasteiger partial charge in [-0.25, -0.2) is 0 Å². The lowest BCUT2D eigenvalue weighted by molar-refractivity contribution is -0.146. The summed E-state index contributed by atoms with van der Waals surface area (Å²) in [4.78, 5) is 11.4. The van der Waals surface area contributed by atoms with E-state index in [1.54, 1.807) is 12.1 Å². The monoisotopic (exact) mass is 241 g/mol. The highest BCUT2D eigenvalue weighted by Gasteiger charge is 2.13. The van der Waals surface area contributed by atoms with E-state index < -0.39 is 6.04 Å². The highest BCUT2D eigenvalue weighted by molar-refractivity contribution is 6.30. The Bertz CT molecular complexity index is 355. The Labute approximate surface area is 101 Å². The van der Waals surface area contributed by atoms with Crippen molar-refractivity contribution in [1.29, 1.82) is 0 Å². The molecule has 1 atom stereocenters. The number of carbonyl (C=O) groups is 1. The summed E-state index contributed by atoms with van der Waals surface area (Å²) < 4.78 is 5.07. The molecule has 1 aromatic rings. The maximum absolute atomic E-state index is 11.4. The summed E-state index contributed by atoms with van der Waals surface area (Å²) in [6.45, 7) is 2.20. The van der Waals surface area contributed by atoms with E-state index in [-0.39, 0.29) is 12.6 Å². The third-order valence-electron chi connectivity index (χ3n) is 2.17. The molecule has 0 heterocycles. The van der Waals surface area contributed by atoms with E-state index in [2.05, 4.69) is 0 Å². The Morgan fingerprint density at radius 3 is 2.94 bits per heavy atom. The second-order valence-electron chi connectivity index (χ2n) is 3.63. The van der Waals surface area contributed by atoms with Gasteiger partial charge >= 0.3 is 5.97 Å². The smallest absolute Gasteiger partial charge is 0.323 e. The maximum Gasteiger partial charge on any atom is 0.323 e. The Hall–Kier alpha value is -1.06. The molecule has 0 unspecified atom stereocenters. The number of esters is 1. The van der Waals surface area contributed by atoms with Gasteiger partial charge in [-0.05, 0) is 24.1 Å². The zero-order valence-corrected chi connectivity index (χ0v) is 10.0. The quantitative estimate of drug-likeness (QED) is 0.806. The molecule has 1 rings (SSSR count). The molecule has 0 saturated heterocycles. The Morgan fingerprint density at radius 1 is 1.56 bits per heavy atom. The number of benzene rings is 1. The van der Waals surface area contributed by atoms with Crippen LogP contribution in [0.1, 0.15) is 25.3 Å². The van der Waals surface area contributed by atoms with Crippen molar-refractivity contribution in [2.24, 2.45) is 5.73 Å². The average Bonchev–Trinajstić information content (AvgIpc) is 2.26. The van der Waals surface area contributed by atoms with Crippen LogP contribution < -0.4 is 5.73 Å². The SMILES string of the molecule is CCC[C@@H](N)C(=O)OCc1cccc(Cl)c1. The first-order valence-electron chi connectivity index (χ1n) is 5.30. The van der Waals surface area contributed by atoms with Crippen LogP contribution in [0.25, 0.3) is 0 Å². The van der Waals surface area contributed by atoms with Crippen LogP contribution in [-0.2, 0) is 16.1 Å². The first-order valence-corrected chi connectivity index (χ1v) is 5.68.